The van der Waals surface area contributed by atoms with Crippen LogP contribution in [0.2, 0.25) is 0 Å². The maximum absolute atomic E-state index is 11.8. The van der Waals surface area contributed by atoms with Crippen LogP contribution in [0.1, 0.15) is 5.56 Å². The van der Waals surface area contributed by atoms with Crippen LogP contribution < -0.4 is 15.4 Å². The lowest BCUT2D eigenvalue weighted by atomic mass is 10.2. The van der Waals surface area contributed by atoms with E-state index >= 15 is 0 Å². The van der Waals surface area contributed by atoms with Crippen molar-refractivity contribution in [3.05, 3.63) is 29.8 Å². The van der Waals surface area contributed by atoms with Gasteiger partial charge in [0.15, 0.2) is 6.61 Å². The molecule has 0 bridgehead atoms. The van der Waals surface area contributed by atoms with Crippen molar-refractivity contribution in [2.75, 3.05) is 26.7 Å². The van der Waals surface area contributed by atoms with Gasteiger partial charge in [0, 0.05) is 25.2 Å². The number of amides is 3. The highest BCUT2D eigenvalue weighted by molar-refractivity contribution is 5.96. The van der Waals surface area contributed by atoms with E-state index in [4.69, 9.17) is 4.74 Å². The van der Waals surface area contributed by atoms with Gasteiger partial charge in [-0.2, -0.15) is 0 Å². The number of imide groups is 1. The van der Waals surface area contributed by atoms with Gasteiger partial charge in [-0.25, -0.2) is 4.79 Å². The molecule has 6 nitrogen and oxygen atoms in total. The first-order valence-electron chi connectivity index (χ1n) is 6.16. The second-order valence-electron chi connectivity index (χ2n) is 4.20. The fourth-order valence-electron chi connectivity index (χ4n) is 1.91. The van der Waals surface area contributed by atoms with Gasteiger partial charge in [-0.05, 0) is 13.1 Å². The highest BCUT2D eigenvalue weighted by Gasteiger charge is 2.26. The molecule has 0 saturated carbocycles. The second kappa shape index (κ2) is 6.19. The van der Waals surface area contributed by atoms with Crippen LogP contribution in [0.25, 0.3) is 0 Å². The summed E-state index contributed by atoms with van der Waals surface area (Å²) in [5.41, 5.74) is 0.976. The number of ether oxygens (including phenoxy) is 1. The standard InChI is InChI=1S/C13H17N3O3/c1-14-8-10-4-2-3-5-11(10)19-9-12(17)16-7-6-15-13(16)18/h2-5,14H,6-9H2,1H3,(H,15,18). The Labute approximate surface area is 111 Å². The first-order valence-corrected chi connectivity index (χ1v) is 6.16. The quantitative estimate of drug-likeness (QED) is 0.803. The van der Waals surface area contributed by atoms with Crippen molar-refractivity contribution in [2.45, 2.75) is 6.54 Å². The van der Waals surface area contributed by atoms with Crippen molar-refractivity contribution in [3.8, 4) is 5.75 Å². The molecule has 1 aliphatic heterocycles. The summed E-state index contributed by atoms with van der Waals surface area (Å²) in [6, 6.07) is 7.15. The number of urea groups is 1. The molecule has 1 saturated heterocycles. The van der Waals surface area contributed by atoms with Gasteiger partial charge < -0.3 is 15.4 Å². The van der Waals surface area contributed by atoms with Gasteiger partial charge in [-0.3, -0.25) is 9.69 Å². The molecule has 1 aromatic rings. The highest BCUT2D eigenvalue weighted by atomic mass is 16.5. The molecule has 0 spiro atoms. The predicted octanol–water partition coefficient (Wildman–Crippen LogP) is 0.337. The Bertz CT molecular complexity index is 476. The number of rotatable bonds is 5. The SMILES string of the molecule is CNCc1ccccc1OCC(=O)N1CCNC1=O. The third kappa shape index (κ3) is 3.23. The van der Waals surface area contributed by atoms with Gasteiger partial charge in [0.25, 0.3) is 5.91 Å². The molecule has 2 N–H and O–H groups in total. The number of nitrogens with zero attached hydrogens (tertiary/aromatic N) is 1. The number of carbonyl (C=O) groups is 2. The van der Waals surface area contributed by atoms with E-state index in [1.807, 2.05) is 31.3 Å². The van der Waals surface area contributed by atoms with E-state index in [0.717, 1.165) is 5.56 Å². The van der Waals surface area contributed by atoms with Gasteiger partial charge in [-0.15, -0.1) is 0 Å². The molecule has 0 atom stereocenters. The average molecular weight is 263 g/mol. The van der Waals surface area contributed by atoms with Gasteiger partial charge in [0.05, 0.1) is 0 Å². The van der Waals surface area contributed by atoms with E-state index in [9.17, 15) is 9.59 Å². The van der Waals surface area contributed by atoms with E-state index < -0.39 is 0 Å². The van der Waals surface area contributed by atoms with Crippen molar-refractivity contribution >= 4 is 11.9 Å². The van der Waals surface area contributed by atoms with Crippen molar-refractivity contribution in [1.82, 2.24) is 15.5 Å². The lowest BCUT2D eigenvalue weighted by Crippen LogP contribution is -2.37. The zero-order valence-corrected chi connectivity index (χ0v) is 10.8. The van der Waals surface area contributed by atoms with Crippen LogP contribution in [0.5, 0.6) is 5.75 Å². The largest absolute Gasteiger partial charge is 0.483 e. The lowest BCUT2D eigenvalue weighted by molar-refractivity contribution is -0.129. The van der Waals surface area contributed by atoms with Crippen molar-refractivity contribution in [1.29, 1.82) is 0 Å². The molecule has 19 heavy (non-hydrogen) atoms. The van der Waals surface area contributed by atoms with E-state index in [-0.39, 0.29) is 18.5 Å². The Morgan fingerprint density at radius 3 is 2.95 bits per heavy atom. The fourth-order valence-corrected chi connectivity index (χ4v) is 1.91. The summed E-state index contributed by atoms with van der Waals surface area (Å²) >= 11 is 0. The van der Waals surface area contributed by atoms with Crippen LogP contribution in [0.15, 0.2) is 24.3 Å². The minimum Gasteiger partial charge on any atom is -0.483 e. The van der Waals surface area contributed by atoms with Gasteiger partial charge in [0.1, 0.15) is 5.75 Å². The molecular formula is C13H17N3O3. The monoisotopic (exact) mass is 263 g/mol. The fraction of sp³-hybridized carbons (Fsp3) is 0.385. The molecule has 1 aromatic carbocycles. The maximum atomic E-state index is 11.8. The molecule has 2 rings (SSSR count). The summed E-state index contributed by atoms with van der Waals surface area (Å²) < 4.78 is 5.50. The number of hydrogen-bond donors (Lipinski definition) is 2. The lowest BCUT2D eigenvalue weighted by Gasteiger charge is -2.14. The normalized spacial score (nSPS) is 14.4. The molecular weight excluding hydrogens is 246 g/mol. The van der Waals surface area contributed by atoms with E-state index in [2.05, 4.69) is 10.6 Å². The molecule has 0 aliphatic carbocycles. The zero-order chi connectivity index (χ0) is 13.7. The molecule has 6 heteroatoms. The van der Waals surface area contributed by atoms with Crippen LogP contribution in [-0.4, -0.2) is 43.6 Å². The summed E-state index contributed by atoms with van der Waals surface area (Å²) in [6.07, 6.45) is 0. The third-order valence-electron chi connectivity index (χ3n) is 2.85. The van der Waals surface area contributed by atoms with Crippen LogP contribution >= 0.6 is 0 Å². The number of carbonyl (C=O) groups excluding carboxylic acids is 2. The van der Waals surface area contributed by atoms with E-state index in [1.165, 1.54) is 4.90 Å². The number of nitrogens with one attached hydrogen (secondary N) is 2. The minimum absolute atomic E-state index is 0.131. The Balaban J connectivity index is 1.95. The van der Waals surface area contributed by atoms with Gasteiger partial charge in [0.2, 0.25) is 0 Å². The summed E-state index contributed by atoms with van der Waals surface area (Å²) in [4.78, 5) is 24.3. The Morgan fingerprint density at radius 1 is 1.47 bits per heavy atom. The molecule has 3 amide bonds. The van der Waals surface area contributed by atoms with Crippen molar-refractivity contribution < 1.29 is 14.3 Å². The second-order valence-corrected chi connectivity index (χ2v) is 4.20. The Morgan fingerprint density at radius 2 is 2.26 bits per heavy atom. The van der Waals surface area contributed by atoms with E-state index in [1.54, 1.807) is 0 Å². The van der Waals surface area contributed by atoms with Crippen LogP contribution in [0.3, 0.4) is 0 Å². The third-order valence-corrected chi connectivity index (χ3v) is 2.85. The number of benzene rings is 1. The predicted molar refractivity (Wildman–Crippen MR) is 69.8 cm³/mol. The summed E-state index contributed by atoms with van der Waals surface area (Å²) in [7, 11) is 1.84. The molecule has 0 unspecified atom stereocenters. The highest BCUT2D eigenvalue weighted by Crippen LogP contribution is 2.17. The zero-order valence-electron chi connectivity index (χ0n) is 10.8. The maximum Gasteiger partial charge on any atom is 0.324 e. The molecule has 102 valence electrons. The number of hydrogen-bond acceptors (Lipinski definition) is 4. The number of para-hydroxylation sites is 1. The average Bonchev–Trinajstić information content (AvgIpc) is 2.84. The molecule has 1 aliphatic rings. The summed E-state index contributed by atoms with van der Waals surface area (Å²) in [5.74, 6) is 0.332. The van der Waals surface area contributed by atoms with Crippen molar-refractivity contribution in [3.63, 3.8) is 0 Å². The first-order chi connectivity index (χ1) is 9.22. The van der Waals surface area contributed by atoms with Crippen LogP contribution in [0.4, 0.5) is 4.79 Å². The molecule has 1 fully saturated rings. The minimum atomic E-state index is -0.350. The Hall–Kier alpha value is -2.08. The smallest absolute Gasteiger partial charge is 0.324 e. The van der Waals surface area contributed by atoms with Gasteiger partial charge in [-0.1, -0.05) is 18.2 Å². The first kappa shape index (κ1) is 13.4. The summed E-state index contributed by atoms with van der Waals surface area (Å²) in [6.45, 7) is 1.43. The molecule has 0 aromatic heterocycles. The van der Waals surface area contributed by atoms with Crippen molar-refractivity contribution in [2.24, 2.45) is 0 Å². The van der Waals surface area contributed by atoms with E-state index in [0.29, 0.717) is 25.4 Å². The van der Waals surface area contributed by atoms with Gasteiger partial charge >= 0.3 is 6.03 Å². The topological polar surface area (TPSA) is 70.7 Å². The molecule has 0 radical (unpaired) electrons. The summed E-state index contributed by atoms with van der Waals surface area (Å²) in [5, 5.41) is 5.62. The van der Waals surface area contributed by atoms with Crippen LogP contribution in [-0.2, 0) is 11.3 Å². The van der Waals surface area contributed by atoms with Crippen LogP contribution in [0, 0.1) is 0 Å². The molecule has 1 heterocycles. The Kier molecular flexibility index (Phi) is 4.35.